The first-order chi connectivity index (χ1) is 9.19. The lowest BCUT2D eigenvalue weighted by Crippen LogP contribution is -2.20. The third-order valence-corrected chi connectivity index (χ3v) is 2.43. The minimum Gasteiger partial charge on any atom is -0.465 e. The molecule has 19 heavy (non-hydrogen) atoms. The molecule has 0 heterocycles. The Morgan fingerprint density at radius 3 is 2.84 bits per heavy atom. The smallest absolute Gasteiger partial charge is 0.340 e. The molecule has 0 unspecified atom stereocenters. The maximum absolute atomic E-state index is 13.6. The quantitative estimate of drug-likeness (QED) is 0.538. The van der Waals surface area contributed by atoms with Crippen LogP contribution in [0.2, 0.25) is 0 Å². The summed E-state index contributed by atoms with van der Waals surface area (Å²) < 4.78 is 23.1. The Balaban J connectivity index is 2.39. The zero-order valence-corrected chi connectivity index (χ0v) is 10.8. The molecule has 106 valence electrons. The average Bonchev–Trinajstić information content (AvgIpc) is 2.42. The van der Waals surface area contributed by atoms with Crippen LogP contribution in [-0.4, -0.2) is 44.6 Å². The van der Waals surface area contributed by atoms with E-state index in [9.17, 15) is 9.18 Å². The molecule has 6 heteroatoms. The fourth-order valence-electron chi connectivity index (χ4n) is 1.49. The van der Waals surface area contributed by atoms with Gasteiger partial charge >= 0.3 is 5.97 Å². The van der Waals surface area contributed by atoms with Crippen molar-refractivity contribution in [3.8, 4) is 0 Å². The van der Waals surface area contributed by atoms with Crippen LogP contribution in [0.1, 0.15) is 15.9 Å². The number of carbonyl (C=O) groups is 1. The van der Waals surface area contributed by atoms with E-state index in [1.54, 1.807) is 6.07 Å². The monoisotopic (exact) mass is 271 g/mol. The number of carbonyl (C=O) groups excluding carboxylic acids is 1. The van der Waals surface area contributed by atoms with E-state index >= 15 is 0 Å². The topological polar surface area (TPSA) is 67.8 Å². The predicted molar refractivity (Wildman–Crippen MR) is 67.4 cm³/mol. The van der Waals surface area contributed by atoms with E-state index < -0.39 is 11.8 Å². The number of ether oxygens (including phenoxy) is 2. The molecule has 0 amide bonds. The summed E-state index contributed by atoms with van der Waals surface area (Å²) in [4.78, 5) is 11.2. The Hall–Kier alpha value is -1.50. The highest BCUT2D eigenvalue weighted by atomic mass is 19.1. The lowest BCUT2D eigenvalue weighted by Gasteiger charge is -2.07. The number of nitrogens with one attached hydrogen (secondary N) is 1. The van der Waals surface area contributed by atoms with E-state index in [0.717, 1.165) is 5.56 Å². The van der Waals surface area contributed by atoms with Crippen LogP contribution in [0.15, 0.2) is 18.2 Å². The van der Waals surface area contributed by atoms with E-state index in [-0.39, 0.29) is 12.2 Å². The first kappa shape index (κ1) is 15.6. The van der Waals surface area contributed by atoms with Crippen molar-refractivity contribution in [3.05, 3.63) is 35.1 Å². The van der Waals surface area contributed by atoms with Gasteiger partial charge in [0, 0.05) is 13.1 Å². The minimum absolute atomic E-state index is 0.000200. The molecule has 0 atom stereocenters. The number of aliphatic hydroxyl groups excluding tert-OH is 1. The summed E-state index contributed by atoms with van der Waals surface area (Å²) in [5.74, 6) is -1.28. The van der Waals surface area contributed by atoms with Crippen molar-refractivity contribution >= 4 is 5.97 Å². The summed E-state index contributed by atoms with van der Waals surface area (Å²) in [6.45, 7) is 1.86. The zero-order chi connectivity index (χ0) is 14.1. The largest absolute Gasteiger partial charge is 0.465 e. The highest BCUT2D eigenvalue weighted by Crippen LogP contribution is 2.11. The molecule has 0 fully saturated rings. The van der Waals surface area contributed by atoms with Gasteiger partial charge in [0.1, 0.15) is 5.82 Å². The number of hydrogen-bond donors (Lipinski definition) is 2. The minimum atomic E-state index is -0.686. The molecule has 0 aliphatic carbocycles. The van der Waals surface area contributed by atoms with Crippen LogP contribution >= 0.6 is 0 Å². The van der Waals surface area contributed by atoms with Crippen LogP contribution in [0.5, 0.6) is 0 Å². The van der Waals surface area contributed by atoms with Crippen LogP contribution in [0.4, 0.5) is 4.39 Å². The summed E-state index contributed by atoms with van der Waals surface area (Å²) in [6.07, 6.45) is 0. The van der Waals surface area contributed by atoms with Crippen LogP contribution in [0.3, 0.4) is 0 Å². The van der Waals surface area contributed by atoms with E-state index in [1.165, 1.54) is 19.2 Å². The van der Waals surface area contributed by atoms with Gasteiger partial charge in [-0.15, -0.1) is 0 Å². The van der Waals surface area contributed by atoms with Gasteiger partial charge in [-0.2, -0.15) is 0 Å². The van der Waals surface area contributed by atoms with E-state index in [2.05, 4.69) is 10.1 Å². The van der Waals surface area contributed by atoms with E-state index in [0.29, 0.717) is 26.3 Å². The third-order valence-electron chi connectivity index (χ3n) is 2.43. The molecule has 2 N–H and O–H groups in total. The summed E-state index contributed by atoms with van der Waals surface area (Å²) in [5, 5.41) is 11.6. The van der Waals surface area contributed by atoms with Crippen molar-refractivity contribution in [1.82, 2.24) is 5.32 Å². The van der Waals surface area contributed by atoms with Gasteiger partial charge in [0.05, 0.1) is 32.5 Å². The first-order valence-electron chi connectivity index (χ1n) is 5.95. The number of halogens is 1. The van der Waals surface area contributed by atoms with E-state index in [4.69, 9.17) is 9.84 Å². The van der Waals surface area contributed by atoms with Gasteiger partial charge in [-0.25, -0.2) is 9.18 Å². The molecular formula is C13H18FNO4. The molecule has 0 saturated heterocycles. The summed E-state index contributed by atoms with van der Waals surface area (Å²) in [7, 11) is 1.21. The molecule has 0 spiro atoms. The normalized spacial score (nSPS) is 10.5. The number of esters is 1. The predicted octanol–water partition coefficient (Wildman–Crippen LogP) is 0.711. The van der Waals surface area contributed by atoms with Crippen molar-refractivity contribution < 1.29 is 23.8 Å². The van der Waals surface area contributed by atoms with Gasteiger partial charge in [-0.05, 0) is 17.7 Å². The summed E-state index contributed by atoms with van der Waals surface area (Å²) >= 11 is 0. The van der Waals surface area contributed by atoms with Crippen molar-refractivity contribution in [3.63, 3.8) is 0 Å². The lowest BCUT2D eigenvalue weighted by molar-refractivity contribution is 0.0595. The van der Waals surface area contributed by atoms with Gasteiger partial charge in [0.2, 0.25) is 0 Å². The van der Waals surface area contributed by atoms with Gasteiger partial charge in [-0.1, -0.05) is 6.07 Å². The van der Waals surface area contributed by atoms with Crippen molar-refractivity contribution in [2.45, 2.75) is 6.54 Å². The van der Waals surface area contributed by atoms with Crippen molar-refractivity contribution in [2.75, 3.05) is 33.5 Å². The second kappa shape index (κ2) is 8.58. The first-order valence-corrected chi connectivity index (χ1v) is 5.95. The molecule has 0 saturated carbocycles. The Morgan fingerprint density at radius 1 is 1.42 bits per heavy atom. The average molecular weight is 271 g/mol. The van der Waals surface area contributed by atoms with E-state index in [1.807, 2.05) is 0 Å². The van der Waals surface area contributed by atoms with Crippen molar-refractivity contribution in [2.24, 2.45) is 0 Å². The number of rotatable bonds is 8. The molecule has 1 rings (SSSR count). The number of benzene rings is 1. The standard InChI is InChI=1S/C13H18FNO4/c1-18-13(17)11-3-2-10(8-12(11)14)9-15-4-6-19-7-5-16/h2-3,8,15-16H,4-7,9H2,1H3. The SMILES string of the molecule is COC(=O)c1ccc(CNCCOCCO)cc1F. The fourth-order valence-corrected chi connectivity index (χ4v) is 1.49. The molecular weight excluding hydrogens is 253 g/mol. The van der Waals surface area contributed by atoms with Crippen LogP contribution in [0.25, 0.3) is 0 Å². The van der Waals surface area contributed by atoms with Gasteiger partial charge < -0.3 is 19.9 Å². The Kier molecular flexibility index (Phi) is 7.02. The maximum atomic E-state index is 13.6. The molecule has 0 bridgehead atoms. The highest BCUT2D eigenvalue weighted by Gasteiger charge is 2.11. The molecule has 1 aromatic rings. The second-order valence-electron chi connectivity index (χ2n) is 3.82. The second-order valence-corrected chi connectivity index (χ2v) is 3.82. The number of aliphatic hydroxyl groups is 1. The maximum Gasteiger partial charge on any atom is 0.340 e. The number of hydrogen-bond acceptors (Lipinski definition) is 5. The van der Waals surface area contributed by atoms with Crippen LogP contribution in [-0.2, 0) is 16.0 Å². The Bertz CT molecular complexity index is 412. The van der Waals surface area contributed by atoms with Gasteiger partial charge in [0.25, 0.3) is 0 Å². The zero-order valence-electron chi connectivity index (χ0n) is 10.8. The number of methoxy groups -OCH3 is 1. The molecule has 0 aliphatic heterocycles. The molecule has 0 aliphatic rings. The van der Waals surface area contributed by atoms with Crippen LogP contribution < -0.4 is 5.32 Å². The molecule has 0 radical (unpaired) electrons. The fraction of sp³-hybridized carbons (Fsp3) is 0.462. The molecule has 0 aromatic heterocycles. The third kappa shape index (κ3) is 5.34. The summed E-state index contributed by atoms with van der Waals surface area (Å²) in [6, 6.07) is 4.37. The Morgan fingerprint density at radius 2 is 2.21 bits per heavy atom. The Labute approximate surface area is 111 Å². The summed E-state index contributed by atoms with van der Waals surface area (Å²) in [5.41, 5.74) is 0.657. The van der Waals surface area contributed by atoms with Gasteiger partial charge in [-0.3, -0.25) is 0 Å². The van der Waals surface area contributed by atoms with Gasteiger partial charge in [0.15, 0.2) is 0 Å². The lowest BCUT2D eigenvalue weighted by atomic mass is 10.1. The highest BCUT2D eigenvalue weighted by molar-refractivity contribution is 5.89. The molecule has 1 aromatic carbocycles. The van der Waals surface area contributed by atoms with Crippen molar-refractivity contribution in [1.29, 1.82) is 0 Å². The molecule has 5 nitrogen and oxygen atoms in total. The van der Waals surface area contributed by atoms with Crippen LogP contribution in [0, 0.1) is 5.82 Å².